The Hall–Kier alpha value is -1.99. The number of nitrogens with one attached hydrogen (secondary N) is 1. The van der Waals surface area contributed by atoms with Gasteiger partial charge in [-0.1, -0.05) is 6.07 Å². The second-order valence-electron chi connectivity index (χ2n) is 6.31. The third kappa shape index (κ3) is 4.30. The summed E-state index contributed by atoms with van der Waals surface area (Å²) in [6, 6.07) is 5.77. The maximum absolute atomic E-state index is 12.3. The lowest BCUT2D eigenvalue weighted by Gasteiger charge is -2.30. The number of morpholine rings is 1. The molecule has 0 saturated carbocycles. The second kappa shape index (κ2) is 7.72. The Balaban J connectivity index is 1.47. The van der Waals surface area contributed by atoms with E-state index in [4.69, 9.17) is 14.2 Å². The summed E-state index contributed by atoms with van der Waals surface area (Å²) in [4.78, 5) is 16.3. The van der Waals surface area contributed by atoms with Gasteiger partial charge in [0.15, 0.2) is 11.5 Å². The van der Waals surface area contributed by atoms with Gasteiger partial charge >= 0.3 is 6.03 Å². The summed E-state index contributed by atoms with van der Waals surface area (Å²) in [5.74, 6) is 1.49. The first kappa shape index (κ1) is 16.9. The number of carbonyl (C=O) groups is 1. The summed E-state index contributed by atoms with van der Waals surface area (Å²) in [6.07, 6.45) is 0. The average molecular weight is 335 g/mol. The zero-order valence-corrected chi connectivity index (χ0v) is 14.3. The minimum absolute atomic E-state index is 0.0755. The summed E-state index contributed by atoms with van der Waals surface area (Å²) >= 11 is 0. The molecule has 2 amide bonds. The van der Waals surface area contributed by atoms with Crippen molar-refractivity contribution in [3.63, 3.8) is 0 Å². The SMILES string of the molecule is CC(CN1CCOCC1)NC(=O)N(C)Cc1ccc2c(c1)OCO2. The van der Waals surface area contributed by atoms with Crippen LogP contribution < -0.4 is 14.8 Å². The van der Waals surface area contributed by atoms with Crippen molar-refractivity contribution in [2.45, 2.75) is 19.5 Å². The number of urea groups is 1. The molecule has 3 rings (SSSR count). The Bertz CT molecular complexity index is 575. The highest BCUT2D eigenvalue weighted by Crippen LogP contribution is 2.32. The van der Waals surface area contributed by atoms with Gasteiger partial charge in [-0.3, -0.25) is 4.90 Å². The highest BCUT2D eigenvalue weighted by atomic mass is 16.7. The summed E-state index contributed by atoms with van der Waals surface area (Å²) in [5, 5.41) is 3.05. The maximum atomic E-state index is 12.3. The predicted octanol–water partition coefficient (Wildman–Crippen LogP) is 1.28. The summed E-state index contributed by atoms with van der Waals surface area (Å²) in [7, 11) is 1.79. The fraction of sp³-hybridized carbons (Fsp3) is 0.588. The van der Waals surface area contributed by atoms with Gasteiger partial charge in [-0.05, 0) is 24.6 Å². The van der Waals surface area contributed by atoms with Crippen molar-refractivity contribution >= 4 is 6.03 Å². The molecule has 1 atom stereocenters. The van der Waals surface area contributed by atoms with Crippen LogP contribution in [0.4, 0.5) is 4.79 Å². The van der Waals surface area contributed by atoms with Crippen LogP contribution >= 0.6 is 0 Å². The molecule has 1 aromatic carbocycles. The first-order chi connectivity index (χ1) is 11.6. The van der Waals surface area contributed by atoms with Crippen molar-refractivity contribution in [3.8, 4) is 11.5 Å². The number of fused-ring (bicyclic) bond motifs is 1. The second-order valence-corrected chi connectivity index (χ2v) is 6.31. The van der Waals surface area contributed by atoms with Crippen LogP contribution in [0.3, 0.4) is 0 Å². The van der Waals surface area contributed by atoms with Gasteiger partial charge in [0, 0.05) is 39.3 Å². The molecule has 1 aromatic rings. The molecule has 1 fully saturated rings. The molecule has 7 heteroatoms. The Morgan fingerprint density at radius 3 is 2.83 bits per heavy atom. The molecule has 2 aliphatic rings. The number of nitrogens with zero attached hydrogens (tertiary/aromatic N) is 2. The number of hydrogen-bond donors (Lipinski definition) is 1. The number of hydrogen-bond acceptors (Lipinski definition) is 5. The third-order valence-corrected chi connectivity index (χ3v) is 4.21. The van der Waals surface area contributed by atoms with Crippen molar-refractivity contribution in [1.82, 2.24) is 15.1 Å². The molecule has 0 spiro atoms. The first-order valence-corrected chi connectivity index (χ1v) is 8.32. The van der Waals surface area contributed by atoms with Crippen LogP contribution in [0.2, 0.25) is 0 Å². The average Bonchev–Trinajstić information content (AvgIpc) is 3.03. The van der Waals surface area contributed by atoms with Crippen LogP contribution in [-0.2, 0) is 11.3 Å². The molecule has 0 radical (unpaired) electrons. The number of benzene rings is 1. The zero-order valence-electron chi connectivity index (χ0n) is 14.3. The van der Waals surface area contributed by atoms with Crippen LogP contribution in [-0.4, -0.2) is 68.6 Å². The molecule has 1 N–H and O–H groups in total. The number of amides is 2. The normalized spacial score (nSPS) is 18.2. The molecule has 24 heavy (non-hydrogen) atoms. The Kier molecular flexibility index (Phi) is 5.42. The van der Waals surface area contributed by atoms with Gasteiger partial charge in [0.2, 0.25) is 6.79 Å². The van der Waals surface area contributed by atoms with Gasteiger partial charge in [0.1, 0.15) is 0 Å². The molecule has 0 bridgehead atoms. The molecule has 0 aromatic heterocycles. The van der Waals surface area contributed by atoms with Crippen molar-refractivity contribution in [1.29, 1.82) is 0 Å². The molecule has 1 saturated heterocycles. The van der Waals surface area contributed by atoms with E-state index in [0.29, 0.717) is 6.54 Å². The van der Waals surface area contributed by atoms with E-state index in [1.807, 2.05) is 25.1 Å². The van der Waals surface area contributed by atoms with Gasteiger partial charge in [-0.15, -0.1) is 0 Å². The topological polar surface area (TPSA) is 63.3 Å². The van der Waals surface area contributed by atoms with E-state index in [2.05, 4.69) is 10.2 Å². The molecule has 2 heterocycles. The summed E-state index contributed by atoms with van der Waals surface area (Å²) in [5.41, 5.74) is 1.01. The largest absolute Gasteiger partial charge is 0.454 e. The summed E-state index contributed by atoms with van der Waals surface area (Å²) < 4.78 is 16.0. The van der Waals surface area contributed by atoms with Gasteiger partial charge in [-0.25, -0.2) is 4.79 Å². The van der Waals surface area contributed by atoms with Crippen LogP contribution in [0.5, 0.6) is 11.5 Å². The van der Waals surface area contributed by atoms with E-state index in [-0.39, 0.29) is 18.9 Å². The molecule has 7 nitrogen and oxygen atoms in total. The standard InChI is InChI=1S/C17H25N3O4/c1-13(10-20-5-7-22-8-6-20)18-17(21)19(2)11-14-3-4-15-16(9-14)24-12-23-15/h3-4,9,13H,5-8,10-12H2,1-2H3,(H,18,21). The van der Waals surface area contributed by atoms with Gasteiger partial charge in [0.25, 0.3) is 0 Å². The molecule has 2 aliphatic heterocycles. The highest BCUT2D eigenvalue weighted by Gasteiger charge is 2.18. The molecule has 132 valence electrons. The van der Waals surface area contributed by atoms with E-state index in [0.717, 1.165) is 49.9 Å². The van der Waals surface area contributed by atoms with Crippen molar-refractivity contribution < 1.29 is 19.0 Å². The van der Waals surface area contributed by atoms with Crippen LogP contribution in [0.1, 0.15) is 12.5 Å². The third-order valence-electron chi connectivity index (χ3n) is 4.21. The van der Waals surface area contributed by atoms with E-state index in [9.17, 15) is 4.79 Å². The smallest absolute Gasteiger partial charge is 0.317 e. The lowest BCUT2D eigenvalue weighted by atomic mass is 10.2. The monoisotopic (exact) mass is 335 g/mol. The highest BCUT2D eigenvalue weighted by molar-refractivity contribution is 5.74. The van der Waals surface area contributed by atoms with E-state index < -0.39 is 0 Å². The van der Waals surface area contributed by atoms with Crippen LogP contribution in [0.25, 0.3) is 0 Å². The van der Waals surface area contributed by atoms with E-state index in [1.165, 1.54) is 0 Å². The minimum atomic E-state index is -0.0755. The first-order valence-electron chi connectivity index (χ1n) is 8.32. The van der Waals surface area contributed by atoms with Crippen LogP contribution in [0, 0.1) is 0 Å². The number of rotatable bonds is 5. The lowest BCUT2D eigenvalue weighted by Crippen LogP contribution is -2.48. The maximum Gasteiger partial charge on any atom is 0.317 e. The molecular formula is C17H25N3O4. The Labute approximate surface area is 142 Å². The van der Waals surface area contributed by atoms with Gasteiger partial charge < -0.3 is 24.4 Å². The predicted molar refractivity (Wildman–Crippen MR) is 89.3 cm³/mol. The molecule has 1 unspecified atom stereocenters. The minimum Gasteiger partial charge on any atom is -0.454 e. The molecular weight excluding hydrogens is 310 g/mol. The van der Waals surface area contributed by atoms with Crippen molar-refractivity contribution in [3.05, 3.63) is 23.8 Å². The fourth-order valence-corrected chi connectivity index (χ4v) is 2.92. The quantitative estimate of drug-likeness (QED) is 0.878. The van der Waals surface area contributed by atoms with Crippen molar-refractivity contribution in [2.75, 3.05) is 46.7 Å². The van der Waals surface area contributed by atoms with Gasteiger partial charge in [0.05, 0.1) is 13.2 Å². The van der Waals surface area contributed by atoms with Crippen molar-refractivity contribution in [2.24, 2.45) is 0 Å². The number of ether oxygens (including phenoxy) is 3. The molecule has 0 aliphatic carbocycles. The summed E-state index contributed by atoms with van der Waals surface area (Å²) in [6.45, 7) is 7.03. The lowest BCUT2D eigenvalue weighted by molar-refractivity contribution is 0.0347. The fourth-order valence-electron chi connectivity index (χ4n) is 2.92. The zero-order chi connectivity index (χ0) is 16.9. The Morgan fingerprint density at radius 1 is 1.29 bits per heavy atom. The number of carbonyl (C=O) groups excluding carboxylic acids is 1. The van der Waals surface area contributed by atoms with E-state index in [1.54, 1.807) is 11.9 Å². The van der Waals surface area contributed by atoms with E-state index >= 15 is 0 Å². The van der Waals surface area contributed by atoms with Gasteiger partial charge in [-0.2, -0.15) is 0 Å². The van der Waals surface area contributed by atoms with Crippen LogP contribution in [0.15, 0.2) is 18.2 Å². The Morgan fingerprint density at radius 2 is 2.04 bits per heavy atom.